The van der Waals surface area contributed by atoms with Crippen molar-refractivity contribution in [1.82, 2.24) is 10.6 Å². The average molecular weight is 388 g/mol. The van der Waals surface area contributed by atoms with Crippen molar-refractivity contribution in [3.05, 3.63) is 0 Å². The number of esters is 1. The number of carboxylic acid groups (broad SMARTS) is 1. The van der Waals surface area contributed by atoms with E-state index in [1.165, 1.54) is 7.11 Å². The van der Waals surface area contributed by atoms with E-state index in [4.69, 9.17) is 4.74 Å². The number of carbonyl (C=O) groups is 4. The lowest BCUT2D eigenvalue weighted by molar-refractivity contribution is -0.145. The summed E-state index contributed by atoms with van der Waals surface area (Å²) in [6.07, 6.45) is 1.92. The minimum atomic E-state index is -1.28. The molecule has 0 unspecified atom stereocenters. The third kappa shape index (κ3) is 11.8. The Kier molecular flexibility index (Phi) is 11.1. The summed E-state index contributed by atoms with van der Waals surface area (Å²) >= 11 is 0. The fourth-order valence-corrected chi connectivity index (χ4v) is 2.24. The molecule has 3 N–H and O–H groups in total. The number of nitrogens with one attached hydrogen (secondary N) is 2. The first-order chi connectivity index (χ1) is 12.5. The molecular weight excluding hydrogens is 356 g/mol. The van der Waals surface area contributed by atoms with Gasteiger partial charge in [0.25, 0.3) is 0 Å². The van der Waals surface area contributed by atoms with Crippen molar-refractivity contribution in [2.75, 3.05) is 7.11 Å². The summed E-state index contributed by atoms with van der Waals surface area (Å²) in [4.78, 5) is 46.9. The van der Waals surface area contributed by atoms with Crippen LogP contribution in [0.25, 0.3) is 0 Å². The van der Waals surface area contributed by atoms with Crippen LogP contribution in [0.3, 0.4) is 0 Å². The number of carboxylic acids is 1. The first-order valence-corrected chi connectivity index (χ1v) is 9.09. The zero-order valence-electron chi connectivity index (χ0n) is 16.8. The molecule has 0 aromatic rings. The van der Waals surface area contributed by atoms with Crippen molar-refractivity contribution in [3.8, 4) is 0 Å². The normalized spacial score (nSPS) is 13.2. The van der Waals surface area contributed by atoms with E-state index < -0.39 is 41.6 Å². The molecule has 2 amide bonds. The molecule has 0 fully saturated rings. The Morgan fingerprint density at radius 3 is 2.11 bits per heavy atom. The number of carbonyl (C=O) groups excluding carboxylic acids is 3. The first kappa shape index (κ1) is 24.7. The van der Waals surface area contributed by atoms with Crippen molar-refractivity contribution >= 4 is 23.9 Å². The maximum absolute atomic E-state index is 12.1. The van der Waals surface area contributed by atoms with Gasteiger partial charge in [0.2, 0.25) is 5.91 Å². The van der Waals surface area contributed by atoms with Gasteiger partial charge in [-0.25, -0.2) is 14.4 Å². The van der Waals surface area contributed by atoms with Crippen molar-refractivity contribution in [2.45, 2.75) is 83.9 Å². The predicted octanol–water partition coefficient (Wildman–Crippen LogP) is 1.98. The summed E-state index contributed by atoms with van der Waals surface area (Å²) in [5.74, 6) is -2.30. The average Bonchev–Trinajstić information content (AvgIpc) is 2.55. The van der Waals surface area contributed by atoms with Crippen molar-refractivity contribution < 1.29 is 33.8 Å². The van der Waals surface area contributed by atoms with Crippen LogP contribution in [0.5, 0.6) is 0 Å². The lowest BCUT2D eigenvalue weighted by Crippen LogP contribution is -2.45. The quantitative estimate of drug-likeness (QED) is 0.364. The number of methoxy groups -OCH3 is 1. The molecule has 0 heterocycles. The molecule has 156 valence electrons. The fraction of sp³-hybridized carbons (Fsp3) is 0.778. The summed E-state index contributed by atoms with van der Waals surface area (Å²) < 4.78 is 9.70. The minimum Gasteiger partial charge on any atom is -0.480 e. The molecule has 2 atom stereocenters. The van der Waals surface area contributed by atoms with Gasteiger partial charge in [-0.1, -0.05) is 26.2 Å². The Morgan fingerprint density at radius 1 is 1.00 bits per heavy atom. The Balaban J connectivity index is 4.63. The zero-order valence-corrected chi connectivity index (χ0v) is 16.8. The van der Waals surface area contributed by atoms with Crippen LogP contribution in [0.4, 0.5) is 4.79 Å². The summed E-state index contributed by atoms with van der Waals surface area (Å²) in [6.45, 7) is 6.99. The third-order valence-electron chi connectivity index (χ3n) is 3.57. The van der Waals surface area contributed by atoms with Crippen LogP contribution >= 0.6 is 0 Å². The number of ether oxygens (including phenoxy) is 2. The summed E-state index contributed by atoms with van der Waals surface area (Å²) in [5.41, 5.74) is -0.767. The van der Waals surface area contributed by atoms with Gasteiger partial charge in [0, 0.05) is 6.42 Å². The lowest BCUT2D eigenvalue weighted by Gasteiger charge is -2.22. The molecular formula is C18H32N2O7. The van der Waals surface area contributed by atoms with Crippen LogP contribution in [0.2, 0.25) is 0 Å². The van der Waals surface area contributed by atoms with Gasteiger partial charge in [-0.2, -0.15) is 0 Å². The van der Waals surface area contributed by atoms with Crippen molar-refractivity contribution in [2.24, 2.45) is 0 Å². The summed E-state index contributed by atoms with van der Waals surface area (Å²) in [6, 6.07) is -2.04. The van der Waals surface area contributed by atoms with E-state index in [1.54, 1.807) is 20.8 Å². The van der Waals surface area contributed by atoms with Crippen LogP contribution in [-0.2, 0) is 23.9 Å². The summed E-state index contributed by atoms with van der Waals surface area (Å²) in [7, 11) is 1.24. The number of unbranched alkanes of at least 4 members (excludes halogenated alkanes) is 2. The largest absolute Gasteiger partial charge is 0.480 e. The van der Waals surface area contributed by atoms with E-state index in [0.29, 0.717) is 6.42 Å². The van der Waals surface area contributed by atoms with Gasteiger partial charge in [0.05, 0.1) is 7.11 Å². The van der Waals surface area contributed by atoms with E-state index in [1.807, 2.05) is 6.92 Å². The van der Waals surface area contributed by atoms with Crippen LogP contribution in [-0.4, -0.2) is 53.8 Å². The highest BCUT2D eigenvalue weighted by Crippen LogP contribution is 2.09. The second kappa shape index (κ2) is 12.1. The molecule has 27 heavy (non-hydrogen) atoms. The number of hydrogen-bond donors (Lipinski definition) is 3. The monoisotopic (exact) mass is 388 g/mol. The summed E-state index contributed by atoms with van der Waals surface area (Å²) in [5, 5.41) is 14.0. The maximum atomic E-state index is 12.1. The highest BCUT2D eigenvalue weighted by molar-refractivity contribution is 5.85. The van der Waals surface area contributed by atoms with Gasteiger partial charge < -0.3 is 25.2 Å². The zero-order chi connectivity index (χ0) is 21.0. The molecule has 0 radical (unpaired) electrons. The molecule has 0 aliphatic rings. The Morgan fingerprint density at radius 2 is 1.63 bits per heavy atom. The molecule has 9 heteroatoms. The molecule has 0 bridgehead atoms. The third-order valence-corrected chi connectivity index (χ3v) is 3.57. The van der Waals surface area contributed by atoms with Gasteiger partial charge in [-0.3, -0.25) is 4.79 Å². The van der Waals surface area contributed by atoms with Crippen molar-refractivity contribution in [1.29, 1.82) is 0 Å². The van der Waals surface area contributed by atoms with E-state index in [9.17, 15) is 24.3 Å². The van der Waals surface area contributed by atoms with Crippen LogP contribution in [0.15, 0.2) is 0 Å². The van der Waals surface area contributed by atoms with Crippen LogP contribution in [0.1, 0.15) is 66.2 Å². The van der Waals surface area contributed by atoms with E-state index in [-0.39, 0.29) is 12.8 Å². The molecule has 0 spiro atoms. The first-order valence-electron chi connectivity index (χ1n) is 9.09. The lowest BCUT2D eigenvalue weighted by atomic mass is 10.1. The molecule has 0 aliphatic carbocycles. The molecule has 0 aliphatic heterocycles. The molecule has 0 rings (SSSR count). The number of hydrogen-bond acceptors (Lipinski definition) is 6. The standard InChI is InChI=1S/C18H32N2O7/c1-6-7-8-9-13(16(24)26-5)19-14(21)11-10-12(15(22)23)20-17(25)27-18(2,3)4/h12-13H,6-11H2,1-5H3,(H,19,21)(H,20,25)(H,22,23)/t12-,13-/m0/s1. The predicted molar refractivity (Wildman–Crippen MR) is 98.1 cm³/mol. The topological polar surface area (TPSA) is 131 Å². The molecule has 0 aromatic carbocycles. The van der Waals surface area contributed by atoms with Gasteiger partial charge in [-0.15, -0.1) is 0 Å². The maximum Gasteiger partial charge on any atom is 0.408 e. The van der Waals surface area contributed by atoms with E-state index in [0.717, 1.165) is 19.3 Å². The highest BCUT2D eigenvalue weighted by Gasteiger charge is 2.26. The molecule has 0 aromatic heterocycles. The van der Waals surface area contributed by atoms with Gasteiger partial charge in [-0.05, 0) is 33.6 Å². The molecule has 0 saturated carbocycles. The van der Waals surface area contributed by atoms with Gasteiger partial charge >= 0.3 is 18.0 Å². The van der Waals surface area contributed by atoms with Gasteiger partial charge in [0.15, 0.2) is 0 Å². The fourth-order valence-electron chi connectivity index (χ4n) is 2.24. The van der Waals surface area contributed by atoms with Crippen LogP contribution < -0.4 is 10.6 Å². The number of aliphatic carboxylic acids is 1. The minimum absolute atomic E-state index is 0.136. The number of amides is 2. The van der Waals surface area contributed by atoms with Gasteiger partial charge in [0.1, 0.15) is 17.7 Å². The number of rotatable bonds is 11. The second-order valence-corrected chi connectivity index (χ2v) is 7.21. The second-order valence-electron chi connectivity index (χ2n) is 7.21. The Labute approximate surface area is 160 Å². The highest BCUT2D eigenvalue weighted by atomic mass is 16.6. The van der Waals surface area contributed by atoms with E-state index >= 15 is 0 Å². The van der Waals surface area contributed by atoms with Crippen LogP contribution in [0, 0.1) is 0 Å². The molecule has 0 saturated heterocycles. The number of alkyl carbamates (subject to hydrolysis) is 1. The smallest absolute Gasteiger partial charge is 0.408 e. The Bertz CT molecular complexity index is 514. The van der Waals surface area contributed by atoms with E-state index in [2.05, 4.69) is 15.4 Å². The van der Waals surface area contributed by atoms with Crippen molar-refractivity contribution in [3.63, 3.8) is 0 Å². The molecule has 9 nitrogen and oxygen atoms in total. The Hall–Kier alpha value is -2.32. The SMILES string of the molecule is CCCCC[C@H](NC(=O)CC[C@H](NC(=O)OC(C)(C)C)C(=O)O)C(=O)OC.